The minimum atomic E-state index is -1.18. The molecule has 0 aromatic rings. The zero-order chi connectivity index (χ0) is 8.69. The quantitative estimate of drug-likeness (QED) is 0.370. The zero-order valence-corrected chi connectivity index (χ0v) is 7.64. The van der Waals surface area contributed by atoms with Gasteiger partial charge in [0.1, 0.15) is 6.66 Å². The summed E-state index contributed by atoms with van der Waals surface area (Å²) < 4.78 is 15.1. The maximum absolute atomic E-state index is 10.6. The van der Waals surface area contributed by atoms with Gasteiger partial charge in [-0.25, -0.2) is 4.79 Å². The van der Waals surface area contributed by atoms with Crippen LogP contribution in [0.1, 0.15) is 6.92 Å². The van der Waals surface area contributed by atoms with Crippen LogP contribution in [0.5, 0.6) is 0 Å². The summed E-state index contributed by atoms with van der Waals surface area (Å²) in [6, 6.07) is 0. The lowest BCUT2D eigenvalue weighted by Crippen LogP contribution is -1.98. The first-order valence-corrected chi connectivity index (χ1v) is 5.27. The van der Waals surface area contributed by atoms with Crippen LogP contribution in [0.4, 0.5) is 0 Å². The molecule has 11 heavy (non-hydrogen) atoms. The highest BCUT2D eigenvalue weighted by atomic mass is 31.1. The van der Waals surface area contributed by atoms with E-state index in [0.717, 1.165) is 0 Å². The van der Waals surface area contributed by atoms with Gasteiger partial charge in [-0.15, -0.1) is 0 Å². The molecular formula is C7H12O3P+. The average molecular weight is 175 g/mol. The Morgan fingerprint density at radius 1 is 1.64 bits per heavy atom. The molecule has 62 valence electrons. The van der Waals surface area contributed by atoms with Crippen LogP contribution < -0.4 is 0 Å². The van der Waals surface area contributed by atoms with Gasteiger partial charge in [-0.3, -0.25) is 0 Å². The lowest BCUT2D eigenvalue weighted by Gasteiger charge is -1.92. The molecule has 0 rings (SSSR count). The number of rotatable bonds is 4. The van der Waals surface area contributed by atoms with Crippen molar-refractivity contribution in [1.29, 1.82) is 0 Å². The van der Waals surface area contributed by atoms with Crippen molar-refractivity contribution in [2.75, 3.05) is 19.4 Å². The molecule has 0 saturated heterocycles. The maximum atomic E-state index is 10.6. The SMILES string of the molecule is CCOC(=O)/C=C/C[P+](C)=O. The van der Waals surface area contributed by atoms with Gasteiger partial charge < -0.3 is 4.74 Å². The van der Waals surface area contributed by atoms with Crippen LogP contribution in [0.25, 0.3) is 0 Å². The normalized spacial score (nSPS) is 11.6. The van der Waals surface area contributed by atoms with E-state index in [4.69, 9.17) is 0 Å². The molecule has 1 atom stereocenters. The van der Waals surface area contributed by atoms with E-state index in [2.05, 4.69) is 4.74 Å². The Morgan fingerprint density at radius 2 is 2.27 bits per heavy atom. The van der Waals surface area contributed by atoms with Crippen LogP contribution in [-0.2, 0) is 14.1 Å². The third-order valence-electron chi connectivity index (χ3n) is 0.903. The second kappa shape index (κ2) is 6.05. The van der Waals surface area contributed by atoms with Crippen LogP contribution in [0, 0.1) is 0 Å². The summed E-state index contributed by atoms with van der Waals surface area (Å²) in [5.74, 6) is -0.371. The molecule has 0 amide bonds. The molecule has 0 aliphatic heterocycles. The molecule has 0 aromatic heterocycles. The van der Waals surface area contributed by atoms with Crippen molar-refractivity contribution in [2.24, 2.45) is 0 Å². The summed E-state index contributed by atoms with van der Waals surface area (Å²) in [5.41, 5.74) is 0. The van der Waals surface area contributed by atoms with Gasteiger partial charge in [0, 0.05) is 6.08 Å². The van der Waals surface area contributed by atoms with Gasteiger partial charge in [-0.1, -0.05) is 4.57 Å². The highest BCUT2D eigenvalue weighted by Gasteiger charge is 2.00. The lowest BCUT2D eigenvalue weighted by molar-refractivity contribution is -0.137. The first-order valence-electron chi connectivity index (χ1n) is 3.38. The second-order valence-electron chi connectivity index (χ2n) is 1.96. The number of esters is 1. The van der Waals surface area contributed by atoms with Gasteiger partial charge in [-0.05, 0) is 13.0 Å². The highest BCUT2D eigenvalue weighted by molar-refractivity contribution is 7.43. The molecule has 0 spiro atoms. The van der Waals surface area contributed by atoms with E-state index in [9.17, 15) is 9.36 Å². The van der Waals surface area contributed by atoms with Gasteiger partial charge in [-0.2, -0.15) is 0 Å². The van der Waals surface area contributed by atoms with E-state index < -0.39 is 7.80 Å². The van der Waals surface area contributed by atoms with Crippen LogP contribution in [0.15, 0.2) is 12.2 Å². The highest BCUT2D eigenvalue weighted by Crippen LogP contribution is 2.11. The molecule has 0 aliphatic carbocycles. The zero-order valence-electron chi connectivity index (χ0n) is 6.74. The number of hydrogen-bond acceptors (Lipinski definition) is 3. The number of ether oxygens (including phenoxy) is 1. The lowest BCUT2D eigenvalue weighted by atomic mass is 10.5. The minimum Gasteiger partial charge on any atom is -0.463 e. The third-order valence-corrected chi connectivity index (χ3v) is 1.63. The Balaban J connectivity index is 3.56. The largest absolute Gasteiger partial charge is 0.463 e. The fraction of sp³-hybridized carbons (Fsp3) is 0.571. The van der Waals surface area contributed by atoms with Crippen molar-refractivity contribution in [3.05, 3.63) is 12.2 Å². The Bertz CT molecular complexity index is 175. The van der Waals surface area contributed by atoms with Gasteiger partial charge in [0.2, 0.25) is 0 Å². The van der Waals surface area contributed by atoms with Gasteiger partial charge in [0.15, 0.2) is 6.16 Å². The number of hydrogen-bond donors (Lipinski definition) is 0. The fourth-order valence-corrected chi connectivity index (χ4v) is 0.890. The molecule has 0 aliphatic rings. The van der Waals surface area contributed by atoms with Gasteiger partial charge in [0.25, 0.3) is 0 Å². The summed E-state index contributed by atoms with van der Waals surface area (Å²) in [6.07, 6.45) is 3.31. The van der Waals surface area contributed by atoms with E-state index in [1.54, 1.807) is 19.7 Å². The van der Waals surface area contributed by atoms with Gasteiger partial charge >= 0.3 is 13.8 Å². The van der Waals surface area contributed by atoms with Crippen LogP contribution >= 0.6 is 7.80 Å². The molecule has 0 N–H and O–H groups in total. The summed E-state index contributed by atoms with van der Waals surface area (Å²) in [6.45, 7) is 3.73. The van der Waals surface area contributed by atoms with Crippen molar-refractivity contribution >= 4 is 13.8 Å². The first-order chi connectivity index (χ1) is 5.16. The minimum absolute atomic E-state index is 0.371. The number of carbonyl (C=O) groups is 1. The maximum Gasteiger partial charge on any atom is 0.339 e. The molecule has 0 heterocycles. The summed E-state index contributed by atoms with van der Waals surface area (Å²) in [4.78, 5) is 10.6. The van der Waals surface area contributed by atoms with E-state index in [1.807, 2.05) is 0 Å². The summed E-state index contributed by atoms with van der Waals surface area (Å²) >= 11 is 0. The van der Waals surface area contributed by atoms with Crippen molar-refractivity contribution in [2.45, 2.75) is 6.92 Å². The molecule has 0 fully saturated rings. The fourth-order valence-electron chi connectivity index (χ4n) is 0.488. The van der Waals surface area contributed by atoms with Gasteiger partial charge in [0.05, 0.1) is 6.61 Å². The van der Waals surface area contributed by atoms with Crippen molar-refractivity contribution < 1.29 is 14.1 Å². The Labute approximate surface area is 67.2 Å². The average Bonchev–Trinajstić information content (AvgIpc) is 1.87. The summed E-state index contributed by atoms with van der Waals surface area (Å²) in [5, 5.41) is 0. The molecule has 0 aromatic carbocycles. The van der Waals surface area contributed by atoms with Crippen LogP contribution in [-0.4, -0.2) is 25.4 Å². The molecule has 0 saturated carbocycles. The first kappa shape index (κ1) is 10.3. The molecule has 3 nitrogen and oxygen atoms in total. The van der Waals surface area contributed by atoms with Crippen molar-refractivity contribution in [3.8, 4) is 0 Å². The molecule has 1 unspecified atom stereocenters. The number of allylic oxidation sites excluding steroid dienone is 1. The molecule has 0 bridgehead atoms. The predicted molar refractivity (Wildman–Crippen MR) is 44.2 cm³/mol. The van der Waals surface area contributed by atoms with Crippen LogP contribution in [0.2, 0.25) is 0 Å². The standard InChI is InChI=1S/C7H12O3P/c1-3-10-7(8)5-4-6-11(2)9/h4-5H,3,6H2,1-2H3/q+1/b5-4+. The Morgan fingerprint density at radius 3 is 2.73 bits per heavy atom. The molecule has 0 radical (unpaired) electrons. The third kappa shape index (κ3) is 7.20. The second-order valence-corrected chi connectivity index (χ2v) is 3.59. The van der Waals surface area contributed by atoms with Crippen LogP contribution in [0.3, 0.4) is 0 Å². The Hall–Kier alpha value is -0.690. The Kier molecular flexibility index (Phi) is 5.67. The molecular weight excluding hydrogens is 163 g/mol. The smallest absolute Gasteiger partial charge is 0.339 e. The molecule has 4 heteroatoms. The van der Waals surface area contributed by atoms with E-state index in [1.165, 1.54) is 6.08 Å². The number of carbonyl (C=O) groups excluding carboxylic acids is 1. The van der Waals surface area contributed by atoms with E-state index in [0.29, 0.717) is 12.8 Å². The summed E-state index contributed by atoms with van der Waals surface area (Å²) in [7, 11) is -1.18. The topological polar surface area (TPSA) is 43.4 Å². The van der Waals surface area contributed by atoms with Crippen molar-refractivity contribution in [1.82, 2.24) is 0 Å². The van der Waals surface area contributed by atoms with Crippen molar-refractivity contribution in [3.63, 3.8) is 0 Å². The predicted octanol–water partition coefficient (Wildman–Crippen LogP) is 1.56. The van der Waals surface area contributed by atoms with E-state index in [-0.39, 0.29) is 5.97 Å². The van der Waals surface area contributed by atoms with E-state index >= 15 is 0 Å². The monoisotopic (exact) mass is 175 g/mol.